The second-order valence-electron chi connectivity index (χ2n) is 6.18. The van der Waals surface area contributed by atoms with E-state index in [1.807, 2.05) is 12.2 Å². The summed E-state index contributed by atoms with van der Waals surface area (Å²) in [5.41, 5.74) is -0.718. The van der Waals surface area contributed by atoms with Crippen molar-refractivity contribution in [2.24, 2.45) is 5.41 Å². The van der Waals surface area contributed by atoms with Gasteiger partial charge in [0.05, 0.1) is 7.11 Å². The van der Waals surface area contributed by atoms with Crippen LogP contribution in [0.3, 0.4) is 0 Å². The van der Waals surface area contributed by atoms with E-state index in [1.54, 1.807) is 0 Å². The fourth-order valence-electron chi connectivity index (χ4n) is 3.18. The number of methoxy groups -OCH3 is 1. The first-order valence-electron chi connectivity index (χ1n) is 8.49. The number of hydrogen-bond donors (Lipinski definition) is 0. The number of ether oxygens (including phenoxy) is 2. The minimum Gasteiger partial charge on any atom is -0.468 e. The van der Waals surface area contributed by atoms with Crippen molar-refractivity contribution in [1.82, 2.24) is 0 Å². The molecule has 1 aliphatic rings. The third kappa shape index (κ3) is 5.15. The van der Waals surface area contributed by atoms with Gasteiger partial charge in [-0.15, -0.1) is 0 Å². The van der Waals surface area contributed by atoms with Crippen LogP contribution in [0.4, 0.5) is 0 Å². The van der Waals surface area contributed by atoms with Gasteiger partial charge in [-0.1, -0.05) is 57.9 Å². The molecule has 0 amide bonds. The zero-order valence-corrected chi connectivity index (χ0v) is 14.2. The highest BCUT2D eigenvalue weighted by Crippen LogP contribution is 2.41. The summed E-state index contributed by atoms with van der Waals surface area (Å²) in [6.07, 6.45) is 12.9. The number of hydrogen-bond acceptors (Lipinski definition) is 4. The van der Waals surface area contributed by atoms with Crippen LogP contribution in [0.1, 0.15) is 71.6 Å². The van der Waals surface area contributed by atoms with Crippen LogP contribution in [0.15, 0.2) is 12.2 Å². The number of carbonyl (C=O) groups is 2. The lowest BCUT2D eigenvalue weighted by atomic mass is 9.78. The van der Waals surface area contributed by atoms with Crippen molar-refractivity contribution >= 4 is 11.9 Å². The molecule has 0 saturated carbocycles. The number of carbonyl (C=O) groups excluding carboxylic acids is 2. The molecule has 0 N–H and O–H groups in total. The maximum Gasteiger partial charge on any atom is 0.316 e. The van der Waals surface area contributed by atoms with Gasteiger partial charge in [0.25, 0.3) is 0 Å². The molecule has 1 aliphatic carbocycles. The molecule has 0 fully saturated rings. The van der Waals surface area contributed by atoms with Crippen LogP contribution < -0.4 is 0 Å². The largest absolute Gasteiger partial charge is 0.468 e. The molecule has 0 aliphatic heterocycles. The number of unbranched alkanes of at least 4 members (excludes halogenated alkanes) is 6. The fourth-order valence-corrected chi connectivity index (χ4v) is 3.18. The Kier molecular flexibility index (Phi) is 8.21. The summed E-state index contributed by atoms with van der Waals surface area (Å²) < 4.78 is 10.3. The predicted octanol–water partition coefficient (Wildman–Crippen LogP) is 4.18. The first-order chi connectivity index (χ1) is 10.6. The second kappa shape index (κ2) is 9.65. The van der Waals surface area contributed by atoms with Crippen molar-refractivity contribution in [3.8, 4) is 0 Å². The molecule has 0 aromatic rings. The Hall–Kier alpha value is -1.32. The number of rotatable bonds is 10. The van der Waals surface area contributed by atoms with Gasteiger partial charge in [-0.25, -0.2) is 0 Å². The lowest BCUT2D eigenvalue weighted by Crippen LogP contribution is -2.42. The molecular weight excluding hydrogens is 280 g/mol. The molecule has 126 valence electrons. The summed E-state index contributed by atoms with van der Waals surface area (Å²) in [6.45, 7) is 3.59. The molecular formula is C18H30O4. The second-order valence-corrected chi connectivity index (χ2v) is 6.18. The highest BCUT2D eigenvalue weighted by molar-refractivity contribution is 5.80. The summed E-state index contributed by atoms with van der Waals surface area (Å²) in [6, 6.07) is 0. The van der Waals surface area contributed by atoms with E-state index in [9.17, 15) is 9.59 Å². The van der Waals surface area contributed by atoms with Gasteiger partial charge in [0, 0.05) is 6.92 Å². The van der Waals surface area contributed by atoms with Gasteiger partial charge in [0.1, 0.15) is 11.5 Å². The molecule has 2 atom stereocenters. The molecule has 0 aromatic carbocycles. The lowest BCUT2D eigenvalue weighted by molar-refractivity contribution is -0.166. The van der Waals surface area contributed by atoms with Crippen LogP contribution >= 0.6 is 0 Å². The van der Waals surface area contributed by atoms with E-state index in [0.717, 1.165) is 12.8 Å². The molecule has 0 saturated heterocycles. The van der Waals surface area contributed by atoms with Crippen LogP contribution in [0, 0.1) is 5.41 Å². The molecule has 1 rings (SSSR count). The Bertz CT molecular complexity index is 389. The minimum atomic E-state index is -0.718. The third-order valence-corrected chi connectivity index (χ3v) is 4.45. The van der Waals surface area contributed by atoms with Crippen molar-refractivity contribution in [3.63, 3.8) is 0 Å². The Morgan fingerprint density at radius 3 is 2.36 bits per heavy atom. The average Bonchev–Trinajstić information content (AvgIpc) is 2.88. The fraction of sp³-hybridized carbons (Fsp3) is 0.778. The van der Waals surface area contributed by atoms with E-state index >= 15 is 0 Å². The van der Waals surface area contributed by atoms with Gasteiger partial charge in [0.2, 0.25) is 0 Å². The first kappa shape index (κ1) is 18.7. The topological polar surface area (TPSA) is 52.6 Å². The Balaban J connectivity index is 2.51. The highest BCUT2D eigenvalue weighted by Gasteiger charge is 2.49. The van der Waals surface area contributed by atoms with Crippen molar-refractivity contribution in [3.05, 3.63) is 12.2 Å². The summed E-state index contributed by atoms with van der Waals surface area (Å²) in [4.78, 5) is 23.5. The summed E-state index contributed by atoms with van der Waals surface area (Å²) >= 11 is 0. The Labute approximate surface area is 134 Å². The molecule has 4 heteroatoms. The standard InChI is InChI=1S/C18H30O4/c1-4-5-6-7-8-9-10-13-18(17(20)21-3)14-11-12-16(18)22-15(2)19/h11-12,16H,4-10,13-14H2,1-3H3/t16-,18-/m1/s1. The maximum absolute atomic E-state index is 12.3. The molecule has 0 unspecified atom stereocenters. The summed E-state index contributed by atoms with van der Waals surface area (Å²) in [5, 5.41) is 0. The van der Waals surface area contributed by atoms with Gasteiger partial charge in [0.15, 0.2) is 0 Å². The molecule has 0 aromatic heterocycles. The highest BCUT2D eigenvalue weighted by atomic mass is 16.6. The molecule has 4 nitrogen and oxygen atoms in total. The van der Waals surface area contributed by atoms with E-state index in [0.29, 0.717) is 12.8 Å². The Morgan fingerprint density at radius 1 is 1.14 bits per heavy atom. The predicted molar refractivity (Wildman–Crippen MR) is 86.4 cm³/mol. The van der Waals surface area contributed by atoms with Gasteiger partial charge in [-0.2, -0.15) is 0 Å². The van der Waals surface area contributed by atoms with Crippen LogP contribution in [0.25, 0.3) is 0 Å². The van der Waals surface area contributed by atoms with Gasteiger partial charge < -0.3 is 9.47 Å². The molecule has 0 spiro atoms. The van der Waals surface area contributed by atoms with E-state index < -0.39 is 11.5 Å². The minimum absolute atomic E-state index is 0.269. The number of esters is 2. The van der Waals surface area contributed by atoms with E-state index in [-0.39, 0.29) is 11.9 Å². The molecule has 0 bridgehead atoms. The van der Waals surface area contributed by atoms with Gasteiger partial charge in [-0.05, 0) is 18.9 Å². The van der Waals surface area contributed by atoms with Gasteiger partial charge >= 0.3 is 11.9 Å². The number of allylic oxidation sites excluding steroid dienone is 1. The zero-order valence-electron chi connectivity index (χ0n) is 14.2. The SMILES string of the molecule is CCCCCCCCC[C@@]1(C(=O)OC)CC=C[C@H]1OC(C)=O. The molecule has 22 heavy (non-hydrogen) atoms. The molecule has 0 radical (unpaired) electrons. The van der Waals surface area contributed by atoms with Crippen LogP contribution in [-0.2, 0) is 19.1 Å². The van der Waals surface area contributed by atoms with Crippen LogP contribution in [0.2, 0.25) is 0 Å². The summed E-state index contributed by atoms with van der Waals surface area (Å²) in [5.74, 6) is -0.626. The van der Waals surface area contributed by atoms with Crippen molar-refractivity contribution < 1.29 is 19.1 Å². The smallest absolute Gasteiger partial charge is 0.316 e. The average molecular weight is 310 g/mol. The summed E-state index contributed by atoms with van der Waals surface area (Å²) in [7, 11) is 1.40. The van der Waals surface area contributed by atoms with E-state index in [1.165, 1.54) is 46.1 Å². The zero-order chi connectivity index (χ0) is 16.4. The first-order valence-corrected chi connectivity index (χ1v) is 8.49. The lowest BCUT2D eigenvalue weighted by Gasteiger charge is -2.32. The van der Waals surface area contributed by atoms with Crippen LogP contribution in [0.5, 0.6) is 0 Å². The quantitative estimate of drug-likeness (QED) is 0.345. The van der Waals surface area contributed by atoms with Crippen molar-refractivity contribution in [1.29, 1.82) is 0 Å². The normalized spacial score (nSPS) is 23.5. The van der Waals surface area contributed by atoms with E-state index in [2.05, 4.69) is 6.92 Å². The van der Waals surface area contributed by atoms with E-state index in [4.69, 9.17) is 9.47 Å². The Morgan fingerprint density at radius 2 is 1.77 bits per heavy atom. The monoisotopic (exact) mass is 310 g/mol. The van der Waals surface area contributed by atoms with Crippen LogP contribution in [-0.4, -0.2) is 25.2 Å². The van der Waals surface area contributed by atoms with Crippen molar-refractivity contribution in [2.45, 2.75) is 77.7 Å². The van der Waals surface area contributed by atoms with Gasteiger partial charge in [-0.3, -0.25) is 9.59 Å². The van der Waals surface area contributed by atoms with Crippen molar-refractivity contribution in [2.75, 3.05) is 7.11 Å². The molecule has 0 heterocycles. The maximum atomic E-state index is 12.3. The third-order valence-electron chi connectivity index (χ3n) is 4.45.